The number of epoxide rings is 1. The van der Waals surface area contributed by atoms with Crippen LogP contribution in [0.15, 0.2) is 73.1 Å². The van der Waals surface area contributed by atoms with Gasteiger partial charge in [0.05, 0.1) is 12.7 Å². The molecule has 5 rings (SSSR count). The monoisotopic (exact) mass is 536 g/mol. The number of aryl methyl sites for hydroxylation is 1. The van der Waals surface area contributed by atoms with Gasteiger partial charge in [-0.25, -0.2) is 0 Å². The van der Waals surface area contributed by atoms with Gasteiger partial charge in [0.1, 0.15) is 12.6 Å². The van der Waals surface area contributed by atoms with E-state index in [4.69, 9.17) is 9.84 Å². The number of aromatic nitrogens is 2. The predicted molar refractivity (Wildman–Crippen MR) is 146 cm³/mol. The first-order valence-electron chi connectivity index (χ1n) is 11.4. The number of benzene rings is 2. The second kappa shape index (κ2) is 14.2. The Kier molecular flexibility index (Phi) is 10.7. The lowest BCUT2D eigenvalue weighted by Gasteiger charge is -2.02. The highest BCUT2D eigenvalue weighted by Crippen LogP contribution is 2.22. The fraction of sp³-hybridized carbons (Fsp3) is 0.214. The van der Waals surface area contributed by atoms with Crippen LogP contribution in [-0.2, 0) is 20.9 Å². The van der Waals surface area contributed by atoms with Crippen molar-refractivity contribution < 1.29 is 19.4 Å². The molecule has 35 heavy (non-hydrogen) atoms. The smallest absolute Gasteiger partial charge is 0.142 e. The van der Waals surface area contributed by atoms with Crippen LogP contribution in [0, 0.1) is 0 Å². The summed E-state index contributed by atoms with van der Waals surface area (Å²) in [5.41, 5.74) is 4.30. The lowest BCUT2D eigenvalue weighted by Crippen LogP contribution is -1.97. The highest BCUT2D eigenvalue weighted by Gasteiger charge is 2.19. The molecule has 1 fully saturated rings. The zero-order valence-electron chi connectivity index (χ0n) is 19.3. The molecule has 0 saturated carbocycles. The zero-order chi connectivity index (χ0) is 24.9. The van der Waals surface area contributed by atoms with Crippen molar-refractivity contribution in [2.45, 2.75) is 19.1 Å². The van der Waals surface area contributed by atoms with E-state index in [9.17, 15) is 9.59 Å². The number of H-pyrrole nitrogens is 1. The van der Waals surface area contributed by atoms with Crippen molar-refractivity contribution in [1.29, 1.82) is 0 Å². The molecule has 0 radical (unpaired) electrons. The molecule has 0 spiro atoms. The molecule has 6 nitrogen and oxygen atoms in total. The Labute approximate surface area is 213 Å². The van der Waals surface area contributed by atoms with Crippen molar-refractivity contribution in [3.63, 3.8) is 0 Å². The number of aliphatic hydroxyl groups is 1. The van der Waals surface area contributed by atoms with E-state index in [0.29, 0.717) is 6.10 Å². The molecule has 2 aromatic heterocycles. The number of nitrogens with zero attached hydrogens (tertiary/aromatic N) is 1. The van der Waals surface area contributed by atoms with Gasteiger partial charge in [-0.05, 0) is 48.4 Å². The van der Waals surface area contributed by atoms with E-state index < -0.39 is 0 Å². The first-order chi connectivity index (χ1) is 17.2. The summed E-state index contributed by atoms with van der Waals surface area (Å²) in [4.78, 5) is 23.6. The lowest BCUT2D eigenvalue weighted by atomic mass is 10.2. The minimum atomic E-state index is 0.187. The van der Waals surface area contributed by atoms with Crippen LogP contribution >= 0.6 is 15.9 Å². The average Bonchev–Trinajstić information content (AvgIpc) is 3.57. The fourth-order valence-corrected chi connectivity index (χ4v) is 3.88. The second-order valence-electron chi connectivity index (χ2n) is 7.76. The molecule has 2 N–H and O–H groups in total. The van der Waals surface area contributed by atoms with Crippen molar-refractivity contribution in [3.05, 3.63) is 84.2 Å². The van der Waals surface area contributed by atoms with Crippen LogP contribution in [-0.4, -0.2) is 51.9 Å². The largest absolute Gasteiger partial charge is 0.396 e. The number of carbonyl (C=O) groups excluding carboxylic acids is 2. The molecule has 4 aromatic rings. The van der Waals surface area contributed by atoms with Crippen molar-refractivity contribution in [1.82, 2.24) is 9.55 Å². The number of alkyl halides is 1. The highest BCUT2D eigenvalue weighted by molar-refractivity contribution is 9.09. The van der Waals surface area contributed by atoms with E-state index in [-0.39, 0.29) is 6.61 Å². The van der Waals surface area contributed by atoms with Crippen molar-refractivity contribution in [2.75, 3.05) is 18.5 Å². The van der Waals surface area contributed by atoms with Crippen LogP contribution in [0.25, 0.3) is 34.0 Å². The summed E-state index contributed by atoms with van der Waals surface area (Å²) in [5.74, 6) is 0. The van der Waals surface area contributed by atoms with E-state index in [1.165, 1.54) is 12.2 Å². The Morgan fingerprint density at radius 3 is 2.29 bits per heavy atom. The number of hydrogen-bond donors (Lipinski definition) is 2. The Balaban J connectivity index is 0.000000167. The van der Waals surface area contributed by atoms with Crippen molar-refractivity contribution in [3.8, 4) is 0 Å². The van der Waals surface area contributed by atoms with Gasteiger partial charge in [-0.1, -0.05) is 52.3 Å². The summed E-state index contributed by atoms with van der Waals surface area (Å²) in [6.45, 7) is 1.93. The minimum Gasteiger partial charge on any atom is -0.396 e. The topological polar surface area (TPSA) is 87.6 Å². The number of aromatic amines is 1. The first kappa shape index (κ1) is 26.3. The fourth-order valence-electron chi connectivity index (χ4n) is 3.51. The molecule has 0 aliphatic carbocycles. The molecule has 1 aliphatic rings. The number of nitrogens with one attached hydrogen (secondary N) is 1. The molecule has 0 amide bonds. The molecule has 1 atom stereocenters. The van der Waals surface area contributed by atoms with Crippen molar-refractivity contribution >= 4 is 62.5 Å². The number of carbonyl (C=O) groups is 2. The summed E-state index contributed by atoms with van der Waals surface area (Å²) in [7, 11) is 0. The summed E-state index contributed by atoms with van der Waals surface area (Å²) < 4.78 is 6.92. The van der Waals surface area contributed by atoms with Gasteiger partial charge in [0.15, 0.2) is 0 Å². The number of aldehydes is 2. The van der Waals surface area contributed by atoms with Gasteiger partial charge in [0.25, 0.3) is 0 Å². The predicted octanol–water partition coefficient (Wildman–Crippen LogP) is 5.40. The van der Waals surface area contributed by atoms with E-state index in [1.807, 2.05) is 67.0 Å². The number of rotatable bonds is 8. The third-order valence-electron chi connectivity index (χ3n) is 5.28. The molecule has 3 heterocycles. The molecular weight excluding hydrogens is 508 g/mol. The lowest BCUT2D eigenvalue weighted by molar-refractivity contribution is -0.104. The molecule has 182 valence electrons. The van der Waals surface area contributed by atoms with Crippen LogP contribution in [0.1, 0.15) is 17.5 Å². The maximum Gasteiger partial charge on any atom is 0.142 e. The maximum atomic E-state index is 10.4. The van der Waals surface area contributed by atoms with E-state index in [2.05, 4.69) is 25.5 Å². The number of allylic oxidation sites excluding steroid dienone is 2. The molecule has 1 aliphatic heterocycles. The normalized spacial score (nSPS) is 14.5. The van der Waals surface area contributed by atoms with E-state index in [0.717, 1.165) is 70.4 Å². The quantitative estimate of drug-likeness (QED) is 0.137. The Morgan fingerprint density at radius 2 is 1.66 bits per heavy atom. The van der Waals surface area contributed by atoms with Crippen LogP contribution in [0.4, 0.5) is 0 Å². The number of halogens is 1. The van der Waals surface area contributed by atoms with Crippen molar-refractivity contribution in [2.24, 2.45) is 0 Å². The third-order valence-corrected chi connectivity index (χ3v) is 6.00. The molecule has 1 unspecified atom stereocenters. The highest BCUT2D eigenvalue weighted by atomic mass is 79.9. The molecule has 7 heteroatoms. The zero-order valence-corrected chi connectivity index (χ0v) is 20.9. The summed E-state index contributed by atoms with van der Waals surface area (Å²) in [6.07, 6.45) is 13.3. The van der Waals surface area contributed by atoms with Crippen LogP contribution < -0.4 is 0 Å². The SMILES string of the molecule is BrCC1CO1.O=C/C=C/c1c[nH]c2ccccc12.O=C/C=C/c1cn(CCCO)c2ccccc12. The number of fused-ring (bicyclic) bond motifs is 2. The van der Waals surface area contributed by atoms with Gasteiger partial charge in [0, 0.05) is 58.2 Å². The Hall–Kier alpha value is -3.26. The molecule has 0 bridgehead atoms. The van der Waals surface area contributed by atoms with Gasteiger partial charge in [-0.3, -0.25) is 9.59 Å². The van der Waals surface area contributed by atoms with E-state index >= 15 is 0 Å². The van der Waals surface area contributed by atoms with Gasteiger partial charge in [0.2, 0.25) is 0 Å². The number of ether oxygens (including phenoxy) is 1. The summed E-state index contributed by atoms with van der Waals surface area (Å²) >= 11 is 3.25. The molecule has 1 saturated heterocycles. The van der Waals surface area contributed by atoms with Gasteiger partial charge < -0.3 is 19.4 Å². The minimum absolute atomic E-state index is 0.187. The Bertz CT molecular complexity index is 1280. The molecular formula is C28H29BrN2O4. The third kappa shape index (κ3) is 7.89. The van der Waals surface area contributed by atoms with Gasteiger partial charge in [-0.2, -0.15) is 0 Å². The number of aliphatic hydroxyl groups excluding tert-OH is 1. The maximum absolute atomic E-state index is 10.4. The molecule has 2 aromatic carbocycles. The van der Waals surface area contributed by atoms with Crippen LogP contribution in [0.3, 0.4) is 0 Å². The first-order valence-corrected chi connectivity index (χ1v) is 12.5. The standard InChI is InChI=1S/C14H15NO2.C11H9NO.C3H5BrO/c16-9-3-5-12-11-15(8-4-10-17)14-7-2-1-6-13(12)14;13-7-3-4-9-8-12-11-6-2-1-5-10(9)11;4-1-3-2-5-3/h1-3,5-7,9,11,17H,4,8,10H2;1-8,12H;3H,1-2H2/b5-3+;4-3+;. The van der Waals surface area contributed by atoms with Crippen LogP contribution in [0.5, 0.6) is 0 Å². The van der Waals surface area contributed by atoms with Crippen LogP contribution in [0.2, 0.25) is 0 Å². The van der Waals surface area contributed by atoms with Gasteiger partial charge in [-0.15, -0.1) is 0 Å². The summed E-state index contributed by atoms with van der Waals surface area (Å²) in [5, 5.41) is 12.1. The Morgan fingerprint density at radius 1 is 1.00 bits per heavy atom. The summed E-state index contributed by atoms with van der Waals surface area (Å²) in [6, 6.07) is 16.0. The van der Waals surface area contributed by atoms with E-state index in [1.54, 1.807) is 6.08 Å². The number of hydrogen-bond acceptors (Lipinski definition) is 4. The second-order valence-corrected chi connectivity index (χ2v) is 8.41. The number of para-hydroxylation sites is 2. The average molecular weight is 537 g/mol. The van der Waals surface area contributed by atoms with Gasteiger partial charge >= 0.3 is 0 Å².